The van der Waals surface area contributed by atoms with Crippen molar-refractivity contribution in [2.75, 3.05) is 13.1 Å². The maximum Gasteiger partial charge on any atom is 0.315 e. The van der Waals surface area contributed by atoms with Crippen LogP contribution in [-0.2, 0) is 16.1 Å². The maximum atomic E-state index is 12.3. The number of fused-ring (bicyclic) bond motifs is 1. The fraction of sp³-hybridized carbons (Fsp3) is 0.600. The molecule has 0 aliphatic carbocycles. The molecule has 3 atom stereocenters. The van der Waals surface area contributed by atoms with Gasteiger partial charge in [-0.3, -0.25) is 19.5 Å². The molecule has 0 radical (unpaired) electrons. The zero-order valence-electron chi connectivity index (χ0n) is 17.0. The highest BCUT2D eigenvalue weighted by Gasteiger charge is 2.43. The fourth-order valence-electron chi connectivity index (χ4n) is 3.93. The van der Waals surface area contributed by atoms with Gasteiger partial charge < -0.3 is 21.3 Å². The Morgan fingerprint density at radius 2 is 2.21 bits per heavy atom. The van der Waals surface area contributed by atoms with E-state index in [4.69, 9.17) is 0 Å². The first-order chi connectivity index (χ1) is 13.9. The molecule has 2 aliphatic heterocycles. The highest BCUT2D eigenvalue weighted by Crippen LogP contribution is 2.25. The predicted molar refractivity (Wildman–Crippen MR) is 108 cm³/mol. The number of rotatable bonds is 7. The van der Waals surface area contributed by atoms with Crippen molar-refractivity contribution < 1.29 is 14.4 Å². The van der Waals surface area contributed by atoms with Gasteiger partial charge >= 0.3 is 6.03 Å². The van der Waals surface area contributed by atoms with Crippen molar-refractivity contribution in [1.82, 2.24) is 31.2 Å². The quantitative estimate of drug-likeness (QED) is 0.517. The van der Waals surface area contributed by atoms with Crippen molar-refractivity contribution in [1.29, 1.82) is 0 Å². The van der Waals surface area contributed by atoms with Crippen molar-refractivity contribution in [2.24, 2.45) is 0 Å². The summed E-state index contributed by atoms with van der Waals surface area (Å²) < 4.78 is 0. The van der Waals surface area contributed by atoms with E-state index < -0.39 is 0 Å². The van der Waals surface area contributed by atoms with Crippen LogP contribution in [0.5, 0.6) is 0 Å². The molecular formula is C20H30N6O3. The summed E-state index contributed by atoms with van der Waals surface area (Å²) in [5, 5.41) is 11.6. The molecule has 3 rings (SSSR count). The summed E-state index contributed by atoms with van der Waals surface area (Å²) >= 11 is 0. The minimum atomic E-state index is -0.253. The third-order valence-corrected chi connectivity index (χ3v) is 5.29. The van der Waals surface area contributed by atoms with Gasteiger partial charge in [0.25, 0.3) is 0 Å². The highest BCUT2D eigenvalue weighted by atomic mass is 16.2. The van der Waals surface area contributed by atoms with Crippen LogP contribution >= 0.6 is 0 Å². The van der Waals surface area contributed by atoms with Crippen LogP contribution < -0.4 is 21.3 Å². The van der Waals surface area contributed by atoms with Gasteiger partial charge in [0.05, 0.1) is 6.04 Å². The van der Waals surface area contributed by atoms with E-state index in [1.54, 1.807) is 12.4 Å². The molecule has 4 N–H and O–H groups in total. The summed E-state index contributed by atoms with van der Waals surface area (Å²) in [4.78, 5) is 42.6. The molecule has 9 nitrogen and oxygen atoms in total. The van der Waals surface area contributed by atoms with Gasteiger partial charge in [0, 0.05) is 56.6 Å². The summed E-state index contributed by atoms with van der Waals surface area (Å²) in [6.07, 6.45) is 5.05. The smallest absolute Gasteiger partial charge is 0.315 e. The molecular weight excluding hydrogens is 372 g/mol. The fourth-order valence-corrected chi connectivity index (χ4v) is 3.93. The van der Waals surface area contributed by atoms with E-state index in [2.05, 4.69) is 31.2 Å². The van der Waals surface area contributed by atoms with Crippen molar-refractivity contribution >= 4 is 17.8 Å². The predicted octanol–water partition coefficient (Wildman–Crippen LogP) is 0.127. The molecule has 0 unspecified atom stereocenters. The topological polar surface area (TPSA) is 115 Å². The lowest BCUT2D eigenvalue weighted by Gasteiger charge is -2.37. The number of carbonyl (C=O) groups is 3. The van der Waals surface area contributed by atoms with Crippen LogP contribution in [0, 0.1) is 0 Å². The molecule has 2 fully saturated rings. The average Bonchev–Trinajstić information content (AvgIpc) is 3.10. The number of nitrogens with one attached hydrogen (secondary N) is 4. The van der Waals surface area contributed by atoms with Gasteiger partial charge in [0.15, 0.2) is 0 Å². The number of aromatic nitrogens is 1. The van der Waals surface area contributed by atoms with Crippen molar-refractivity contribution in [3.63, 3.8) is 0 Å². The molecule has 3 heterocycles. The lowest BCUT2D eigenvalue weighted by molar-refractivity contribution is -0.129. The standard InChI is InChI=1S/C20H30N6O3/c1-13(2)24-20(29)25-15-8-17-19(28)23-11-16(26(17)12-15)5-6-18(27)22-10-14-4-3-7-21-9-14/h3-4,7,9,13,15-17H,5-6,8,10-12H2,1-2H3,(H,22,27)(H,23,28)(H2,24,25,29)/t15-,16-,17+/m1/s1. The van der Waals surface area contributed by atoms with Gasteiger partial charge in [-0.05, 0) is 38.3 Å². The number of amides is 4. The maximum absolute atomic E-state index is 12.3. The van der Waals surface area contributed by atoms with E-state index in [0.717, 1.165) is 5.56 Å². The Kier molecular flexibility index (Phi) is 7.03. The Bertz CT molecular complexity index is 726. The molecule has 0 spiro atoms. The van der Waals surface area contributed by atoms with Gasteiger partial charge in [-0.25, -0.2) is 4.79 Å². The third kappa shape index (κ3) is 5.90. The normalized spacial score (nSPS) is 24.0. The van der Waals surface area contributed by atoms with Crippen LogP contribution in [0.25, 0.3) is 0 Å². The van der Waals surface area contributed by atoms with E-state index in [1.807, 2.05) is 26.0 Å². The van der Waals surface area contributed by atoms with E-state index in [0.29, 0.717) is 38.9 Å². The summed E-state index contributed by atoms with van der Waals surface area (Å²) in [5.41, 5.74) is 0.957. The molecule has 2 aliphatic rings. The Labute approximate surface area is 171 Å². The molecule has 9 heteroatoms. The number of urea groups is 1. The monoisotopic (exact) mass is 402 g/mol. The first kappa shape index (κ1) is 21.0. The minimum absolute atomic E-state index is 0.00385. The molecule has 0 aromatic carbocycles. The van der Waals surface area contributed by atoms with E-state index in [9.17, 15) is 14.4 Å². The van der Waals surface area contributed by atoms with Gasteiger partial charge in [0.2, 0.25) is 11.8 Å². The Hall–Kier alpha value is -2.68. The van der Waals surface area contributed by atoms with Crippen LogP contribution in [0.1, 0.15) is 38.7 Å². The molecule has 158 valence electrons. The summed E-state index contributed by atoms with van der Waals surface area (Å²) in [6, 6.07) is 3.35. The SMILES string of the molecule is CC(C)NC(=O)N[C@@H]1C[C@H]2C(=O)NC[C@@H](CCC(=O)NCc3cccnc3)N2C1. The Balaban J connectivity index is 1.48. The molecule has 2 saturated heterocycles. The lowest BCUT2D eigenvalue weighted by atomic mass is 10.0. The zero-order chi connectivity index (χ0) is 20.8. The zero-order valence-corrected chi connectivity index (χ0v) is 17.0. The number of piperazine rings is 1. The number of hydrogen-bond donors (Lipinski definition) is 4. The van der Waals surface area contributed by atoms with Crippen LogP contribution in [0.2, 0.25) is 0 Å². The highest BCUT2D eigenvalue weighted by molar-refractivity contribution is 5.83. The molecule has 1 aromatic heterocycles. The second kappa shape index (κ2) is 9.69. The summed E-state index contributed by atoms with van der Waals surface area (Å²) in [5.74, 6) is -0.0247. The molecule has 4 amide bonds. The number of hydrogen-bond acceptors (Lipinski definition) is 5. The number of pyridine rings is 1. The molecule has 1 aromatic rings. The van der Waals surface area contributed by atoms with Gasteiger partial charge in [-0.2, -0.15) is 0 Å². The molecule has 0 bridgehead atoms. The van der Waals surface area contributed by atoms with Gasteiger partial charge in [0.1, 0.15) is 0 Å². The number of nitrogens with zero attached hydrogens (tertiary/aromatic N) is 2. The van der Waals surface area contributed by atoms with Crippen molar-refractivity contribution in [2.45, 2.75) is 63.8 Å². The molecule has 0 saturated carbocycles. The lowest BCUT2D eigenvalue weighted by Crippen LogP contribution is -2.58. The van der Waals surface area contributed by atoms with E-state index in [1.165, 1.54) is 0 Å². The minimum Gasteiger partial charge on any atom is -0.353 e. The molecule has 29 heavy (non-hydrogen) atoms. The first-order valence-electron chi connectivity index (χ1n) is 10.2. The third-order valence-electron chi connectivity index (χ3n) is 5.29. The van der Waals surface area contributed by atoms with Gasteiger partial charge in [-0.1, -0.05) is 6.07 Å². The first-order valence-corrected chi connectivity index (χ1v) is 10.2. The van der Waals surface area contributed by atoms with Crippen LogP contribution in [0.4, 0.5) is 4.79 Å². The number of carbonyl (C=O) groups excluding carboxylic acids is 3. The average molecular weight is 402 g/mol. The van der Waals surface area contributed by atoms with Crippen LogP contribution in [0.3, 0.4) is 0 Å². The second-order valence-electron chi connectivity index (χ2n) is 7.99. The van der Waals surface area contributed by atoms with Crippen molar-refractivity contribution in [3.8, 4) is 0 Å². The van der Waals surface area contributed by atoms with E-state index >= 15 is 0 Å². The largest absolute Gasteiger partial charge is 0.353 e. The summed E-state index contributed by atoms with van der Waals surface area (Å²) in [7, 11) is 0. The summed E-state index contributed by atoms with van der Waals surface area (Å²) in [6.45, 7) is 5.40. The van der Waals surface area contributed by atoms with Gasteiger partial charge in [-0.15, -0.1) is 0 Å². The van der Waals surface area contributed by atoms with Crippen LogP contribution in [-0.4, -0.2) is 65.0 Å². The van der Waals surface area contributed by atoms with E-state index in [-0.39, 0.29) is 42.0 Å². The van der Waals surface area contributed by atoms with Crippen molar-refractivity contribution in [3.05, 3.63) is 30.1 Å². The second-order valence-corrected chi connectivity index (χ2v) is 7.99. The Morgan fingerprint density at radius 1 is 1.38 bits per heavy atom. The van der Waals surface area contributed by atoms with Crippen LogP contribution in [0.15, 0.2) is 24.5 Å². The Morgan fingerprint density at radius 3 is 2.93 bits per heavy atom.